The Hall–Kier alpha value is -1.98. The predicted molar refractivity (Wildman–Crippen MR) is 46.5 cm³/mol. The van der Waals surface area contributed by atoms with Crippen molar-refractivity contribution >= 4 is 11.9 Å². The molecular formula is C8H10N2O4. The molecule has 0 amide bonds. The topological polar surface area (TPSA) is 100 Å². The smallest absolute Gasteiger partial charge is 0.303 e. The van der Waals surface area contributed by atoms with E-state index in [-0.39, 0.29) is 12.8 Å². The van der Waals surface area contributed by atoms with E-state index in [9.17, 15) is 9.59 Å². The Morgan fingerprint density at radius 3 is 1.29 bits per heavy atom. The molecule has 1 aromatic heterocycles. The summed E-state index contributed by atoms with van der Waals surface area (Å²) in [6.07, 6.45) is 5.96. The van der Waals surface area contributed by atoms with Crippen molar-refractivity contribution in [2.75, 3.05) is 0 Å². The van der Waals surface area contributed by atoms with Gasteiger partial charge in [-0.15, -0.1) is 0 Å². The van der Waals surface area contributed by atoms with Gasteiger partial charge < -0.3 is 10.2 Å². The second kappa shape index (κ2) is 7.66. The summed E-state index contributed by atoms with van der Waals surface area (Å²) in [6, 6.07) is 0. The first-order valence-corrected chi connectivity index (χ1v) is 3.76. The van der Waals surface area contributed by atoms with E-state index in [0.29, 0.717) is 0 Å². The van der Waals surface area contributed by atoms with Crippen LogP contribution in [0.4, 0.5) is 0 Å². The molecule has 0 aliphatic rings. The van der Waals surface area contributed by atoms with Crippen molar-refractivity contribution in [1.82, 2.24) is 9.97 Å². The fourth-order valence-electron chi connectivity index (χ4n) is 0.467. The van der Waals surface area contributed by atoms with Gasteiger partial charge in [0.25, 0.3) is 0 Å². The molecule has 1 aromatic rings. The van der Waals surface area contributed by atoms with Crippen LogP contribution in [0.5, 0.6) is 0 Å². The Morgan fingerprint density at radius 2 is 1.14 bits per heavy atom. The highest BCUT2D eigenvalue weighted by molar-refractivity contribution is 5.75. The minimum Gasteiger partial charge on any atom is -0.481 e. The molecule has 14 heavy (non-hydrogen) atoms. The largest absolute Gasteiger partial charge is 0.481 e. The molecule has 0 bridgehead atoms. The fourth-order valence-corrected chi connectivity index (χ4v) is 0.467. The van der Waals surface area contributed by atoms with Gasteiger partial charge in [0.1, 0.15) is 0 Å². The Morgan fingerprint density at radius 1 is 0.857 bits per heavy atom. The summed E-state index contributed by atoms with van der Waals surface area (Å²) in [6.45, 7) is 0. The van der Waals surface area contributed by atoms with Crippen molar-refractivity contribution in [3.05, 3.63) is 24.8 Å². The highest BCUT2D eigenvalue weighted by Crippen LogP contribution is 1.86. The summed E-state index contributed by atoms with van der Waals surface area (Å²) in [4.78, 5) is 26.7. The Balaban J connectivity index is 0.000000249. The number of hydrogen-bond donors (Lipinski definition) is 2. The van der Waals surface area contributed by atoms with Crippen LogP contribution in [0.2, 0.25) is 0 Å². The zero-order valence-corrected chi connectivity index (χ0v) is 7.33. The highest BCUT2D eigenvalue weighted by Gasteiger charge is 2.00. The number of carbonyl (C=O) groups is 2. The first-order valence-electron chi connectivity index (χ1n) is 3.76. The third-order valence-corrected chi connectivity index (χ3v) is 1.03. The molecule has 2 N–H and O–H groups in total. The van der Waals surface area contributed by atoms with E-state index in [1.807, 2.05) is 0 Å². The third-order valence-electron chi connectivity index (χ3n) is 1.03. The fraction of sp³-hybridized carbons (Fsp3) is 0.250. The number of rotatable bonds is 3. The monoisotopic (exact) mass is 198 g/mol. The van der Waals surface area contributed by atoms with Crippen LogP contribution in [-0.4, -0.2) is 32.1 Å². The number of aliphatic carboxylic acids is 2. The zero-order valence-electron chi connectivity index (χ0n) is 7.33. The molecule has 76 valence electrons. The van der Waals surface area contributed by atoms with Gasteiger partial charge in [-0.25, -0.2) is 0 Å². The summed E-state index contributed by atoms with van der Waals surface area (Å²) in [5, 5.41) is 15.8. The minimum absolute atomic E-state index is 0.296. The molecule has 0 unspecified atom stereocenters. The van der Waals surface area contributed by atoms with Crippen molar-refractivity contribution < 1.29 is 19.8 Å². The lowest BCUT2D eigenvalue weighted by Gasteiger charge is -1.85. The lowest BCUT2D eigenvalue weighted by Crippen LogP contribution is -2.00. The summed E-state index contributed by atoms with van der Waals surface area (Å²) in [7, 11) is 0. The first-order chi connectivity index (χ1) is 6.63. The van der Waals surface area contributed by atoms with Gasteiger partial charge in [-0.05, 0) is 0 Å². The standard InChI is InChI=1S/C4H4N2.C4H6O4/c1-2-6-4-3-5-1;5-3(6)1-2-4(7)8/h1-4H;1-2H2,(H,5,6)(H,7,8). The molecule has 6 nitrogen and oxygen atoms in total. The number of carboxylic acid groups (broad SMARTS) is 2. The van der Waals surface area contributed by atoms with E-state index in [0.717, 1.165) is 0 Å². The normalized spacial score (nSPS) is 8.29. The number of nitrogens with zero attached hydrogens (tertiary/aromatic N) is 2. The van der Waals surface area contributed by atoms with Gasteiger partial charge >= 0.3 is 11.9 Å². The summed E-state index contributed by atoms with van der Waals surface area (Å²) >= 11 is 0. The number of carboxylic acids is 2. The molecule has 0 spiro atoms. The predicted octanol–water partition coefficient (Wildman–Crippen LogP) is 0.412. The molecule has 1 rings (SSSR count). The molecule has 0 radical (unpaired) electrons. The van der Waals surface area contributed by atoms with Gasteiger partial charge in [-0.2, -0.15) is 0 Å². The van der Waals surface area contributed by atoms with Gasteiger partial charge in [0.2, 0.25) is 0 Å². The van der Waals surface area contributed by atoms with Gasteiger partial charge in [0.15, 0.2) is 0 Å². The van der Waals surface area contributed by atoms with Crippen LogP contribution in [0, 0.1) is 0 Å². The maximum atomic E-state index is 9.64. The molecule has 0 atom stereocenters. The molecule has 0 aromatic carbocycles. The van der Waals surface area contributed by atoms with Gasteiger partial charge in [-0.1, -0.05) is 0 Å². The van der Waals surface area contributed by atoms with Gasteiger partial charge in [0.05, 0.1) is 12.8 Å². The van der Waals surface area contributed by atoms with E-state index in [4.69, 9.17) is 10.2 Å². The van der Waals surface area contributed by atoms with E-state index >= 15 is 0 Å². The summed E-state index contributed by atoms with van der Waals surface area (Å²) in [5.41, 5.74) is 0. The average molecular weight is 198 g/mol. The van der Waals surface area contributed by atoms with Crippen LogP contribution in [-0.2, 0) is 9.59 Å². The van der Waals surface area contributed by atoms with Crippen molar-refractivity contribution in [1.29, 1.82) is 0 Å². The molecule has 6 heteroatoms. The van der Waals surface area contributed by atoms with Crippen LogP contribution in [0.25, 0.3) is 0 Å². The molecule has 0 aliphatic carbocycles. The second-order valence-electron chi connectivity index (χ2n) is 2.18. The summed E-state index contributed by atoms with van der Waals surface area (Å²) in [5.74, 6) is -2.15. The average Bonchev–Trinajstić information content (AvgIpc) is 2.18. The Bertz CT molecular complexity index is 235. The van der Waals surface area contributed by atoms with Gasteiger partial charge in [-0.3, -0.25) is 19.6 Å². The van der Waals surface area contributed by atoms with E-state index in [1.165, 1.54) is 0 Å². The number of aromatic nitrogens is 2. The van der Waals surface area contributed by atoms with Crippen LogP contribution >= 0.6 is 0 Å². The van der Waals surface area contributed by atoms with Crippen molar-refractivity contribution in [3.8, 4) is 0 Å². The lowest BCUT2D eigenvalue weighted by molar-refractivity contribution is -0.143. The van der Waals surface area contributed by atoms with Crippen molar-refractivity contribution in [2.45, 2.75) is 12.8 Å². The van der Waals surface area contributed by atoms with E-state index in [2.05, 4.69) is 9.97 Å². The SMILES string of the molecule is O=C(O)CCC(=O)O.c1cnccn1. The Labute approximate surface area is 80.2 Å². The maximum absolute atomic E-state index is 9.64. The van der Waals surface area contributed by atoms with Crippen LogP contribution in [0.1, 0.15) is 12.8 Å². The molecule has 0 aliphatic heterocycles. The maximum Gasteiger partial charge on any atom is 0.303 e. The zero-order chi connectivity index (χ0) is 10.8. The minimum atomic E-state index is -1.08. The van der Waals surface area contributed by atoms with Crippen molar-refractivity contribution in [2.24, 2.45) is 0 Å². The molecule has 0 saturated heterocycles. The molecule has 0 fully saturated rings. The van der Waals surface area contributed by atoms with Crippen LogP contribution in [0.15, 0.2) is 24.8 Å². The molecule has 0 saturated carbocycles. The summed E-state index contributed by atoms with van der Waals surface area (Å²) < 4.78 is 0. The van der Waals surface area contributed by atoms with Gasteiger partial charge in [0, 0.05) is 24.8 Å². The van der Waals surface area contributed by atoms with E-state index in [1.54, 1.807) is 24.8 Å². The van der Waals surface area contributed by atoms with Crippen molar-refractivity contribution in [3.63, 3.8) is 0 Å². The van der Waals surface area contributed by atoms with Crippen LogP contribution in [0.3, 0.4) is 0 Å². The number of hydrogen-bond acceptors (Lipinski definition) is 4. The molecule has 1 heterocycles. The van der Waals surface area contributed by atoms with E-state index < -0.39 is 11.9 Å². The quantitative estimate of drug-likeness (QED) is 0.729. The first kappa shape index (κ1) is 12.0. The molecular weight excluding hydrogens is 188 g/mol. The second-order valence-corrected chi connectivity index (χ2v) is 2.18. The Kier molecular flexibility index (Phi) is 6.57. The van der Waals surface area contributed by atoms with Crippen LogP contribution < -0.4 is 0 Å². The third kappa shape index (κ3) is 10.0. The lowest BCUT2D eigenvalue weighted by atomic mass is 10.3. The highest BCUT2D eigenvalue weighted by atomic mass is 16.4.